The van der Waals surface area contributed by atoms with Crippen molar-refractivity contribution in [2.75, 3.05) is 0 Å². The number of rotatable bonds is 9. The number of nitriles is 1. The van der Waals surface area contributed by atoms with Gasteiger partial charge in [-0.15, -0.1) is 0 Å². The standard InChI is InChI=1S/C24H29N/c1-3-5-6-9-14-20(4-2)23(19-25)24(21-15-10-7-11-16-21)22-17-12-8-13-18-22/h7-8,10-13,15-18,24H,3-6,9,14H2,1-2H3. The van der Waals surface area contributed by atoms with Gasteiger partial charge in [-0.1, -0.05) is 99.3 Å². The van der Waals surface area contributed by atoms with Crippen LogP contribution in [0.25, 0.3) is 0 Å². The van der Waals surface area contributed by atoms with Crippen LogP contribution in [0.3, 0.4) is 0 Å². The predicted molar refractivity (Wildman–Crippen MR) is 106 cm³/mol. The molecule has 0 radical (unpaired) electrons. The molecule has 2 rings (SSSR count). The highest BCUT2D eigenvalue weighted by Gasteiger charge is 2.21. The summed E-state index contributed by atoms with van der Waals surface area (Å²) in [4.78, 5) is 0. The molecule has 0 spiro atoms. The summed E-state index contributed by atoms with van der Waals surface area (Å²) in [5, 5.41) is 10.0. The topological polar surface area (TPSA) is 23.8 Å². The molecule has 0 aliphatic rings. The molecule has 0 saturated heterocycles. The van der Waals surface area contributed by atoms with E-state index in [1.165, 1.54) is 42.4 Å². The van der Waals surface area contributed by atoms with Crippen molar-refractivity contribution in [1.29, 1.82) is 5.26 Å². The number of unbranched alkanes of at least 4 members (excludes halogenated alkanes) is 3. The van der Waals surface area contributed by atoms with Crippen LogP contribution in [-0.4, -0.2) is 0 Å². The van der Waals surface area contributed by atoms with Crippen molar-refractivity contribution in [2.45, 2.75) is 58.3 Å². The minimum Gasteiger partial charge on any atom is -0.193 e. The zero-order chi connectivity index (χ0) is 17.9. The summed E-state index contributed by atoms with van der Waals surface area (Å²) in [6.45, 7) is 4.41. The van der Waals surface area contributed by atoms with Crippen molar-refractivity contribution in [3.63, 3.8) is 0 Å². The predicted octanol–water partition coefficient (Wildman–Crippen LogP) is 7.02. The Balaban J connectivity index is 2.42. The van der Waals surface area contributed by atoms with Gasteiger partial charge in [0.05, 0.1) is 6.07 Å². The van der Waals surface area contributed by atoms with Crippen LogP contribution in [0.15, 0.2) is 71.8 Å². The molecule has 0 amide bonds. The molecule has 0 saturated carbocycles. The van der Waals surface area contributed by atoms with Gasteiger partial charge >= 0.3 is 0 Å². The highest BCUT2D eigenvalue weighted by molar-refractivity contribution is 5.48. The second-order valence-electron chi connectivity index (χ2n) is 6.55. The van der Waals surface area contributed by atoms with Gasteiger partial charge in [0, 0.05) is 11.5 Å². The molecule has 0 heterocycles. The first-order valence-corrected chi connectivity index (χ1v) is 9.53. The first kappa shape index (κ1) is 19.0. The maximum Gasteiger partial charge on any atom is 0.0956 e. The van der Waals surface area contributed by atoms with Crippen molar-refractivity contribution in [3.8, 4) is 6.07 Å². The molecular weight excluding hydrogens is 302 g/mol. The Morgan fingerprint density at radius 1 is 0.840 bits per heavy atom. The molecule has 2 aromatic carbocycles. The summed E-state index contributed by atoms with van der Waals surface area (Å²) in [6, 6.07) is 23.4. The maximum absolute atomic E-state index is 10.0. The molecule has 0 aliphatic heterocycles. The van der Waals surface area contributed by atoms with Crippen LogP contribution in [-0.2, 0) is 0 Å². The summed E-state index contributed by atoms with van der Waals surface area (Å²) < 4.78 is 0. The van der Waals surface area contributed by atoms with E-state index in [0.29, 0.717) is 0 Å². The van der Waals surface area contributed by atoms with Crippen LogP contribution in [0, 0.1) is 11.3 Å². The van der Waals surface area contributed by atoms with E-state index in [4.69, 9.17) is 0 Å². The lowest BCUT2D eigenvalue weighted by atomic mass is 9.81. The number of hydrogen-bond donors (Lipinski definition) is 0. The first-order chi connectivity index (χ1) is 12.3. The van der Waals surface area contributed by atoms with E-state index in [9.17, 15) is 5.26 Å². The minimum absolute atomic E-state index is 0.0357. The molecular formula is C24H29N. The Labute approximate surface area is 153 Å². The molecule has 0 aliphatic carbocycles. The summed E-state index contributed by atoms with van der Waals surface area (Å²) in [6.07, 6.45) is 6.94. The molecule has 2 aromatic rings. The Hall–Kier alpha value is -2.33. The van der Waals surface area contributed by atoms with Gasteiger partial charge < -0.3 is 0 Å². The zero-order valence-corrected chi connectivity index (χ0v) is 15.5. The maximum atomic E-state index is 10.0. The van der Waals surface area contributed by atoms with E-state index in [1.54, 1.807) is 0 Å². The van der Waals surface area contributed by atoms with Gasteiger partial charge in [-0.2, -0.15) is 5.26 Å². The summed E-state index contributed by atoms with van der Waals surface area (Å²) in [7, 11) is 0. The smallest absolute Gasteiger partial charge is 0.0956 e. The van der Waals surface area contributed by atoms with Gasteiger partial charge in [-0.25, -0.2) is 0 Å². The molecule has 0 unspecified atom stereocenters. The van der Waals surface area contributed by atoms with Gasteiger partial charge in [-0.3, -0.25) is 0 Å². The van der Waals surface area contributed by atoms with E-state index in [0.717, 1.165) is 18.4 Å². The average Bonchev–Trinajstić information content (AvgIpc) is 2.68. The lowest BCUT2D eigenvalue weighted by Crippen LogP contribution is -2.07. The monoisotopic (exact) mass is 331 g/mol. The molecule has 25 heavy (non-hydrogen) atoms. The molecule has 0 atom stereocenters. The third-order valence-corrected chi connectivity index (χ3v) is 4.81. The molecule has 0 aromatic heterocycles. The van der Waals surface area contributed by atoms with Crippen molar-refractivity contribution < 1.29 is 0 Å². The molecule has 1 nitrogen and oxygen atoms in total. The first-order valence-electron chi connectivity index (χ1n) is 9.53. The normalized spacial score (nSPS) is 11.9. The number of hydrogen-bond acceptors (Lipinski definition) is 1. The van der Waals surface area contributed by atoms with E-state index in [1.807, 2.05) is 12.1 Å². The van der Waals surface area contributed by atoms with Crippen molar-refractivity contribution in [2.24, 2.45) is 0 Å². The zero-order valence-electron chi connectivity index (χ0n) is 15.5. The molecule has 0 N–H and O–H groups in total. The van der Waals surface area contributed by atoms with E-state index < -0.39 is 0 Å². The van der Waals surface area contributed by atoms with Crippen molar-refractivity contribution >= 4 is 0 Å². The third kappa shape index (κ3) is 5.33. The lowest BCUT2D eigenvalue weighted by molar-refractivity contribution is 0.653. The minimum atomic E-state index is 0.0357. The highest BCUT2D eigenvalue weighted by Crippen LogP contribution is 2.35. The third-order valence-electron chi connectivity index (χ3n) is 4.81. The number of benzene rings is 2. The quantitative estimate of drug-likeness (QED) is 0.358. The van der Waals surface area contributed by atoms with Gasteiger partial charge in [0.2, 0.25) is 0 Å². The Morgan fingerprint density at radius 3 is 1.84 bits per heavy atom. The molecule has 0 fully saturated rings. The Kier molecular flexibility index (Phi) is 7.99. The van der Waals surface area contributed by atoms with Crippen LogP contribution in [0.5, 0.6) is 0 Å². The summed E-state index contributed by atoms with van der Waals surface area (Å²) in [5.74, 6) is 0.0357. The van der Waals surface area contributed by atoms with E-state index >= 15 is 0 Å². The second kappa shape index (κ2) is 10.5. The van der Waals surface area contributed by atoms with Gasteiger partial charge in [0.15, 0.2) is 0 Å². The van der Waals surface area contributed by atoms with E-state index in [2.05, 4.69) is 68.4 Å². The number of nitrogens with zero attached hydrogens (tertiary/aromatic N) is 1. The molecule has 0 bridgehead atoms. The van der Waals surface area contributed by atoms with Crippen molar-refractivity contribution in [1.82, 2.24) is 0 Å². The Bertz CT molecular complexity index is 652. The average molecular weight is 332 g/mol. The number of allylic oxidation sites excluding steroid dienone is 2. The molecule has 130 valence electrons. The van der Waals surface area contributed by atoms with E-state index in [-0.39, 0.29) is 5.92 Å². The van der Waals surface area contributed by atoms with Crippen LogP contribution in [0.1, 0.15) is 69.4 Å². The fraction of sp³-hybridized carbons (Fsp3) is 0.375. The van der Waals surface area contributed by atoms with Crippen LogP contribution in [0.4, 0.5) is 0 Å². The SMILES string of the molecule is CCCCCCC(CC)=C(C#N)C(c1ccccc1)c1ccccc1. The lowest BCUT2D eigenvalue weighted by Gasteiger charge is -2.21. The highest BCUT2D eigenvalue weighted by atomic mass is 14.3. The van der Waals surface area contributed by atoms with Crippen LogP contribution >= 0.6 is 0 Å². The van der Waals surface area contributed by atoms with Crippen molar-refractivity contribution in [3.05, 3.63) is 82.9 Å². The fourth-order valence-electron chi connectivity index (χ4n) is 3.43. The Morgan fingerprint density at radius 2 is 1.40 bits per heavy atom. The summed E-state index contributed by atoms with van der Waals surface area (Å²) in [5.41, 5.74) is 4.65. The molecule has 1 heteroatoms. The fourth-order valence-corrected chi connectivity index (χ4v) is 3.43. The largest absolute Gasteiger partial charge is 0.193 e. The van der Waals surface area contributed by atoms with Gasteiger partial charge in [-0.05, 0) is 30.4 Å². The van der Waals surface area contributed by atoms with Gasteiger partial charge in [0.25, 0.3) is 0 Å². The van der Waals surface area contributed by atoms with Crippen LogP contribution in [0.2, 0.25) is 0 Å². The van der Waals surface area contributed by atoms with Gasteiger partial charge in [0.1, 0.15) is 0 Å². The van der Waals surface area contributed by atoms with Crippen LogP contribution < -0.4 is 0 Å². The second-order valence-corrected chi connectivity index (χ2v) is 6.55. The summed E-state index contributed by atoms with van der Waals surface area (Å²) >= 11 is 0.